The van der Waals surface area contributed by atoms with Crippen molar-refractivity contribution >= 4 is 23.4 Å². The average molecular weight is 298 g/mol. The molecule has 0 aliphatic heterocycles. The van der Waals surface area contributed by atoms with Crippen molar-refractivity contribution in [1.29, 1.82) is 5.26 Å². The molecule has 0 fully saturated rings. The van der Waals surface area contributed by atoms with Crippen molar-refractivity contribution in [2.75, 3.05) is 18.7 Å². The quantitative estimate of drug-likeness (QED) is 0.877. The molecule has 0 aliphatic carbocycles. The van der Waals surface area contributed by atoms with Crippen molar-refractivity contribution in [1.82, 2.24) is 0 Å². The number of thioether (sulfide) groups is 1. The number of rotatable bonds is 4. The first kappa shape index (κ1) is 14.9. The minimum atomic E-state index is -0.246. The largest absolute Gasteiger partial charge is 0.496 e. The highest BCUT2D eigenvalue weighted by molar-refractivity contribution is 7.98. The first-order valence-corrected chi connectivity index (χ1v) is 7.44. The third kappa shape index (κ3) is 3.56. The highest BCUT2D eigenvalue weighted by Gasteiger charge is 2.13. The van der Waals surface area contributed by atoms with Crippen LogP contribution in [0.25, 0.3) is 0 Å². The molecule has 106 valence electrons. The van der Waals surface area contributed by atoms with Gasteiger partial charge in [0.15, 0.2) is 0 Å². The van der Waals surface area contributed by atoms with E-state index in [2.05, 4.69) is 5.32 Å². The predicted octanol–water partition coefficient (Wildman–Crippen LogP) is 3.54. The maximum Gasteiger partial charge on any atom is 0.259 e. The molecule has 0 aromatic heterocycles. The van der Waals surface area contributed by atoms with Crippen LogP contribution in [0, 0.1) is 11.3 Å². The van der Waals surface area contributed by atoms with Crippen LogP contribution in [-0.2, 0) is 0 Å². The number of anilines is 1. The summed E-state index contributed by atoms with van der Waals surface area (Å²) in [6.07, 6.45) is 1.96. The fourth-order valence-electron chi connectivity index (χ4n) is 1.81. The number of methoxy groups -OCH3 is 1. The lowest BCUT2D eigenvalue weighted by Gasteiger charge is -2.10. The molecule has 0 aliphatic rings. The lowest BCUT2D eigenvalue weighted by atomic mass is 10.1. The lowest BCUT2D eigenvalue weighted by Crippen LogP contribution is -2.13. The van der Waals surface area contributed by atoms with E-state index in [1.165, 1.54) is 7.11 Å². The van der Waals surface area contributed by atoms with E-state index in [4.69, 9.17) is 10.00 Å². The van der Waals surface area contributed by atoms with Gasteiger partial charge in [-0.05, 0) is 48.7 Å². The number of benzene rings is 2. The summed E-state index contributed by atoms with van der Waals surface area (Å²) in [6, 6.07) is 14.2. The van der Waals surface area contributed by atoms with E-state index in [0.717, 1.165) is 4.90 Å². The van der Waals surface area contributed by atoms with E-state index in [1.807, 2.05) is 24.5 Å². The van der Waals surface area contributed by atoms with Crippen molar-refractivity contribution in [2.45, 2.75) is 4.90 Å². The standard InChI is InChI=1S/C16H14N2O2S/c1-20-15-9-13(21-2)7-8-14(15)16(19)18-12-5-3-11(10-17)4-6-12/h3-9H,1-2H3,(H,18,19). The number of hydrogen-bond donors (Lipinski definition) is 1. The molecule has 0 saturated carbocycles. The van der Waals surface area contributed by atoms with Gasteiger partial charge in [-0.25, -0.2) is 0 Å². The molecule has 1 N–H and O–H groups in total. The number of ether oxygens (including phenoxy) is 1. The van der Waals surface area contributed by atoms with Crippen LogP contribution in [-0.4, -0.2) is 19.3 Å². The van der Waals surface area contributed by atoms with Gasteiger partial charge in [-0.2, -0.15) is 5.26 Å². The van der Waals surface area contributed by atoms with Gasteiger partial charge in [-0.1, -0.05) is 0 Å². The van der Waals surface area contributed by atoms with Crippen LogP contribution in [0.15, 0.2) is 47.4 Å². The van der Waals surface area contributed by atoms with Crippen LogP contribution < -0.4 is 10.1 Å². The highest BCUT2D eigenvalue weighted by atomic mass is 32.2. The van der Waals surface area contributed by atoms with Crippen LogP contribution in [0.1, 0.15) is 15.9 Å². The summed E-state index contributed by atoms with van der Waals surface area (Å²) in [5.41, 5.74) is 1.66. The summed E-state index contributed by atoms with van der Waals surface area (Å²) in [5.74, 6) is 0.289. The third-order valence-electron chi connectivity index (χ3n) is 2.93. The third-order valence-corrected chi connectivity index (χ3v) is 3.65. The number of nitrogens with one attached hydrogen (secondary N) is 1. The number of carbonyl (C=O) groups excluding carboxylic acids is 1. The zero-order valence-electron chi connectivity index (χ0n) is 11.7. The van der Waals surface area contributed by atoms with Crippen LogP contribution in [0.3, 0.4) is 0 Å². The Morgan fingerprint density at radius 1 is 1.24 bits per heavy atom. The molecule has 0 saturated heterocycles. The van der Waals surface area contributed by atoms with Gasteiger partial charge in [0.2, 0.25) is 0 Å². The smallest absolute Gasteiger partial charge is 0.259 e. The molecule has 2 rings (SSSR count). The van der Waals surface area contributed by atoms with Crippen molar-refractivity contribution < 1.29 is 9.53 Å². The molecule has 2 aromatic rings. The minimum Gasteiger partial charge on any atom is -0.496 e. The molecule has 0 radical (unpaired) electrons. The van der Waals surface area contributed by atoms with Crippen LogP contribution in [0.5, 0.6) is 5.75 Å². The van der Waals surface area contributed by atoms with Gasteiger partial charge in [0, 0.05) is 10.6 Å². The zero-order chi connectivity index (χ0) is 15.2. The van der Waals surface area contributed by atoms with Gasteiger partial charge in [0.25, 0.3) is 5.91 Å². The fourth-order valence-corrected chi connectivity index (χ4v) is 2.24. The van der Waals surface area contributed by atoms with Crippen molar-refractivity contribution in [3.05, 3.63) is 53.6 Å². The number of amides is 1. The Kier molecular flexibility index (Phi) is 4.85. The van der Waals surface area contributed by atoms with E-state index in [1.54, 1.807) is 42.1 Å². The van der Waals surface area contributed by atoms with Gasteiger partial charge in [0.05, 0.1) is 24.3 Å². The number of hydrogen-bond acceptors (Lipinski definition) is 4. The predicted molar refractivity (Wildman–Crippen MR) is 83.9 cm³/mol. The first-order valence-electron chi connectivity index (χ1n) is 6.21. The van der Waals surface area contributed by atoms with E-state index in [-0.39, 0.29) is 5.91 Å². The maximum atomic E-state index is 12.3. The Labute approximate surface area is 127 Å². The summed E-state index contributed by atoms with van der Waals surface area (Å²) in [6.45, 7) is 0. The van der Waals surface area contributed by atoms with Crippen molar-refractivity contribution in [2.24, 2.45) is 0 Å². The topological polar surface area (TPSA) is 62.1 Å². The molecular weight excluding hydrogens is 284 g/mol. The second kappa shape index (κ2) is 6.82. The van der Waals surface area contributed by atoms with Gasteiger partial charge < -0.3 is 10.1 Å². The summed E-state index contributed by atoms with van der Waals surface area (Å²) < 4.78 is 5.27. The second-order valence-corrected chi connectivity index (χ2v) is 5.09. The van der Waals surface area contributed by atoms with E-state index in [0.29, 0.717) is 22.6 Å². The maximum absolute atomic E-state index is 12.3. The number of nitrogens with zero attached hydrogens (tertiary/aromatic N) is 1. The van der Waals surface area contributed by atoms with Crippen LogP contribution in [0.4, 0.5) is 5.69 Å². The molecule has 2 aromatic carbocycles. The summed E-state index contributed by atoms with van der Waals surface area (Å²) in [4.78, 5) is 13.3. The van der Waals surface area contributed by atoms with Gasteiger partial charge in [-0.3, -0.25) is 4.79 Å². The van der Waals surface area contributed by atoms with Gasteiger partial charge >= 0.3 is 0 Å². The van der Waals surface area contributed by atoms with E-state index in [9.17, 15) is 4.79 Å². The van der Waals surface area contributed by atoms with Gasteiger partial charge in [-0.15, -0.1) is 11.8 Å². The van der Waals surface area contributed by atoms with Gasteiger partial charge in [0.1, 0.15) is 5.75 Å². The van der Waals surface area contributed by atoms with Crippen molar-refractivity contribution in [3.8, 4) is 11.8 Å². The fraction of sp³-hybridized carbons (Fsp3) is 0.125. The molecule has 0 atom stereocenters. The zero-order valence-corrected chi connectivity index (χ0v) is 12.5. The van der Waals surface area contributed by atoms with Crippen LogP contribution in [0.2, 0.25) is 0 Å². The Morgan fingerprint density at radius 2 is 1.95 bits per heavy atom. The van der Waals surface area contributed by atoms with Crippen molar-refractivity contribution in [3.63, 3.8) is 0 Å². The average Bonchev–Trinajstić information content (AvgIpc) is 2.54. The first-order chi connectivity index (χ1) is 10.2. The normalized spacial score (nSPS) is 9.76. The molecule has 5 heteroatoms. The van der Waals surface area contributed by atoms with Crippen LogP contribution >= 0.6 is 11.8 Å². The Hall–Kier alpha value is -2.45. The number of nitriles is 1. The monoisotopic (exact) mass is 298 g/mol. The SMILES string of the molecule is COc1cc(SC)ccc1C(=O)Nc1ccc(C#N)cc1. The molecule has 0 heterocycles. The van der Waals surface area contributed by atoms with E-state index < -0.39 is 0 Å². The highest BCUT2D eigenvalue weighted by Crippen LogP contribution is 2.26. The summed E-state index contributed by atoms with van der Waals surface area (Å²) >= 11 is 1.58. The molecule has 0 unspecified atom stereocenters. The van der Waals surface area contributed by atoms with E-state index >= 15 is 0 Å². The second-order valence-electron chi connectivity index (χ2n) is 4.21. The molecule has 21 heavy (non-hydrogen) atoms. The molecule has 0 bridgehead atoms. The lowest BCUT2D eigenvalue weighted by molar-refractivity contribution is 0.102. The molecular formula is C16H14N2O2S. The molecule has 1 amide bonds. The summed E-state index contributed by atoms with van der Waals surface area (Å²) in [7, 11) is 1.54. The minimum absolute atomic E-state index is 0.246. The Bertz CT molecular complexity index is 690. The Morgan fingerprint density at radius 3 is 2.52 bits per heavy atom. The summed E-state index contributed by atoms with van der Waals surface area (Å²) in [5, 5.41) is 11.5. The Balaban J connectivity index is 2.21. The molecule has 0 spiro atoms. The molecule has 4 nitrogen and oxygen atoms in total. The number of carbonyl (C=O) groups is 1.